The van der Waals surface area contributed by atoms with Gasteiger partial charge in [-0.1, -0.05) is 25.1 Å². The number of benzene rings is 1. The number of fused-ring (bicyclic) bond motifs is 1. The molecule has 1 heterocycles. The molecule has 0 unspecified atom stereocenters. The van der Waals surface area contributed by atoms with Crippen molar-refractivity contribution in [1.29, 1.82) is 0 Å². The molecular weight excluding hydrogens is 250 g/mol. The third kappa shape index (κ3) is 2.90. The monoisotopic (exact) mass is 271 g/mol. The Morgan fingerprint density at radius 2 is 2.25 bits per heavy atom. The summed E-state index contributed by atoms with van der Waals surface area (Å²) < 4.78 is 0. The summed E-state index contributed by atoms with van der Waals surface area (Å²) in [6, 6.07) is 5.89. The minimum atomic E-state index is 0.00835. The molecule has 1 aliphatic rings. The van der Waals surface area contributed by atoms with E-state index < -0.39 is 0 Å². The molecule has 3 N–H and O–H groups in total. The average Bonchev–Trinajstić information content (AvgIpc) is 2.45. The van der Waals surface area contributed by atoms with Gasteiger partial charge in [0.2, 0.25) is 0 Å². The summed E-state index contributed by atoms with van der Waals surface area (Å²) in [5.41, 5.74) is 9.90. The highest BCUT2D eigenvalue weighted by molar-refractivity contribution is 6.22. The van der Waals surface area contributed by atoms with E-state index in [1.165, 1.54) is 0 Å². The first-order valence-electron chi connectivity index (χ1n) is 7.09. The highest BCUT2D eigenvalue weighted by Crippen LogP contribution is 2.22. The van der Waals surface area contributed by atoms with Crippen molar-refractivity contribution in [2.75, 3.05) is 13.1 Å². The minimum Gasteiger partial charge on any atom is -0.383 e. The number of hydrogen-bond acceptors (Lipinski definition) is 2. The number of allylic oxidation sites excluding steroid dienone is 1. The van der Waals surface area contributed by atoms with E-state index in [0.29, 0.717) is 18.9 Å². The van der Waals surface area contributed by atoms with Crippen molar-refractivity contribution >= 4 is 17.3 Å². The van der Waals surface area contributed by atoms with Gasteiger partial charge in [0.05, 0.1) is 0 Å². The fourth-order valence-electron chi connectivity index (χ4n) is 2.43. The lowest BCUT2D eigenvalue weighted by molar-refractivity contribution is 0.0946. The summed E-state index contributed by atoms with van der Waals surface area (Å²) in [7, 11) is 0. The molecule has 0 radical (unpaired) electrons. The van der Waals surface area contributed by atoms with Gasteiger partial charge in [0, 0.05) is 24.2 Å². The van der Waals surface area contributed by atoms with Crippen LogP contribution in [0, 0.1) is 0 Å². The number of nitrogens with zero attached hydrogens (tertiary/aromatic N) is 1. The first kappa shape index (κ1) is 14.3. The van der Waals surface area contributed by atoms with E-state index >= 15 is 0 Å². The second-order valence-corrected chi connectivity index (χ2v) is 4.76. The highest BCUT2D eigenvalue weighted by Gasteiger charge is 2.17. The number of rotatable bonds is 4. The number of amides is 1. The van der Waals surface area contributed by atoms with Crippen LogP contribution in [-0.4, -0.2) is 24.8 Å². The van der Waals surface area contributed by atoms with Crippen molar-refractivity contribution in [2.24, 2.45) is 10.7 Å². The fourth-order valence-corrected chi connectivity index (χ4v) is 2.43. The van der Waals surface area contributed by atoms with Gasteiger partial charge in [-0.2, -0.15) is 0 Å². The van der Waals surface area contributed by atoms with Crippen molar-refractivity contribution in [3.05, 3.63) is 41.0 Å². The maximum Gasteiger partial charge on any atom is 0.251 e. The summed E-state index contributed by atoms with van der Waals surface area (Å²) >= 11 is 0. The maximum absolute atomic E-state index is 11.8. The largest absolute Gasteiger partial charge is 0.383 e. The van der Waals surface area contributed by atoms with Gasteiger partial charge in [-0.3, -0.25) is 9.79 Å². The van der Waals surface area contributed by atoms with E-state index in [9.17, 15) is 4.79 Å². The zero-order chi connectivity index (χ0) is 14.5. The Morgan fingerprint density at radius 3 is 2.95 bits per heavy atom. The molecule has 4 heteroatoms. The predicted octanol–water partition coefficient (Wildman–Crippen LogP) is 2.14. The molecule has 1 aliphatic heterocycles. The van der Waals surface area contributed by atoms with E-state index in [0.717, 1.165) is 35.1 Å². The number of aliphatic imine (C=N–C) groups is 1. The van der Waals surface area contributed by atoms with Crippen LogP contribution in [0.1, 0.15) is 41.8 Å². The highest BCUT2D eigenvalue weighted by atomic mass is 16.1. The van der Waals surface area contributed by atoms with E-state index in [2.05, 4.69) is 29.4 Å². The lowest BCUT2D eigenvalue weighted by Crippen LogP contribution is -2.31. The van der Waals surface area contributed by atoms with E-state index in [1.807, 2.05) is 19.1 Å². The summed E-state index contributed by atoms with van der Waals surface area (Å²) in [4.78, 5) is 16.0. The van der Waals surface area contributed by atoms with Crippen LogP contribution in [0.15, 0.2) is 29.3 Å². The molecule has 1 aromatic carbocycles. The lowest BCUT2D eigenvalue weighted by atomic mass is 9.94. The predicted molar refractivity (Wildman–Crippen MR) is 82.9 cm³/mol. The summed E-state index contributed by atoms with van der Waals surface area (Å²) in [6.07, 6.45) is 3.84. The third-order valence-electron chi connectivity index (χ3n) is 3.35. The van der Waals surface area contributed by atoms with Gasteiger partial charge in [-0.05, 0) is 37.0 Å². The molecule has 2 rings (SSSR count). The summed E-state index contributed by atoms with van der Waals surface area (Å²) in [6.45, 7) is 5.40. The van der Waals surface area contributed by atoms with Gasteiger partial charge >= 0.3 is 0 Å². The Morgan fingerprint density at radius 1 is 1.45 bits per heavy atom. The van der Waals surface area contributed by atoms with Crippen molar-refractivity contribution in [2.45, 2.75) is 26.7 Å². The average molecular weight is 271 g/mol. The molecule has 0 bridgehead atoms. The zero-order valence-electron chi connectivity index (χ0n) is 12.1. The van der Waals surface area contributed by atoms with Gasteiger partial charge in [0.15, 0.2) is 0 Å². The van der Waals surface area contributed by atoms with Crippen LogP contribution in [0.25, 0.3) is 5.57 Å². The molecule has 4 nitrogen and oxygen atoms in total. The minimum absolute atomic E-state index is 0.00835. The van der Waals surface area contributed by atoms with Crippen molar-refractivity contribution in [3.63, 3.8) is 0 Å². The van der Waals surface area contributed by atoms with Crippen LogP contribution in [0.4, 0.5) is 0 Å². The van der Waals surface area contributed by atoms with Crippen LogP contribution < -0.4 is 11.1 Å². The molecule has 0 aromatic heterocycles. The van der Waals surface area contributed by atoms with Gasteiger partial charge in [-0.15, -0.1) is 0 Å². The van der Waals surface area contributed by atoms with Gasteiger partial charge in [0.1, 0.15) is 5.84 Å². The third-order valence-corrected chi connectivity index (χ3v) is 3.35. The molecule has 0 saturated heterocycles. The number of nitrogens with one attached hydrogen (secondary N) is 1. The SMILES string of the molecule is CC/C=C(\C(N)=NCC)c1ccc2c(c1)CCNC2=O. The van der Waals surface area contributed by atoms with Crippen molar-refractivity contribution in [3.8, 4) is 0 Å². The van der Waals surface area contributed by atoms with Crippen LogP contribution in [0.5, 0.6) is 0 Å². The van der Waals surface area contributed by atoms with Gasteiger partial charge in [0.25, 0.3) is 5.91 Å². The van der Waals surface area contributed by atoms with Crippen molar-refractivity contribution in [1.82, 2.24) is 5.32 Å². The lowest BCUT2D eigenvalue weighted by Gasteiger charge is -2.18. The van der Waals surface area contributed by atoms with E-state index in [-0.39, 0.29) is 5.91 Å². The molecule has 20 heavy (non-hydrogen) atoms. The number of carbonyl (C=O) groups excluding carboxylic acids is 1. The second kappa shape index (κ2) is 6.37. The van der Waals surface area contributed by atoms with Gasteiger partial charge in [-0.25, -0.2) is 0 Å². The maximum atomic E-state index is 11.8. The van der Waals surface area contributed by atoms with E-state index in [4.69, 9.17) is 5.73 Å². The number of amidine groups is 1. The second-order valence-electron chi connectivity index (χ2n) is 4.76. The van der Waals surface area contributed by atoms with Crippen molar-refractivity contribution < 1.29 is 4.79 Å². The molecule has 1 aromatic rings. The van der Waals surface area contributed by atoms with Gasteiger partial charge < -0.3 is 11.1 Å². The molecule has 1 amide bonds. The van der Waals surface area contributed by atoms with E-state index in [1.54, 1.807) is 0 Å². The Balaban J connectivity index is 2.43. The molecule has 0 atom stereocenters. The summed E-state index contributed by atoms with van der Waals surface area (Å²) in [5, 5.41) is 2.85. The standard InChI is InChI=1S/C16H21N3O/c1-3-5-13(15(17)18-4-2)11-6-7-14-12(10-11)8-9-19-16(14)20/h5-7,10H,3-4,8-9H2,1-2H3,(H2,17,18)(H,19,20)/b13-5-. The summed E-state index contributed by atoms with van der Waals surface area (Å²) in [5.74, 6) is 0.573. The smallest absolute Gasteiger partial charge is 0.251 e. The first-order chi connectivity index (χ1) is 9.67. The topological polar surface area (TPSA) is 67.5 Å². The quantitative estimate of drug-likeness (QED) is 0.651. The molecule has 0 saturated carbocycles. The van der Waals surface area contributed by atoms with Crippen LogP contribution >= 0.6 is 0 Å². The molecular formula is C16H21N3O. The van der Waals surface area contributed by atoms with Crippen LogP contribution in [0.2, 0.25) is 0 Å². The Kier molecular flexibility index (Phi) is 4.56. The van der Waals surface area contributed by atoms with Crippen LogP contribution in [-0.2, 0) is 6.42 Å². The molecule has 0 aliphatic carbocycles. The Labute approximate surface area is 119 Å². The first-order valence-corrected chi connectivity index (χ1v) is 7.09. The van der Waals surface area contributed by atoms with Crippen LogP contribution in [0.3, 0.4) is 0 Å². The fraction of sp³-hybridized carbons (Fsp3) is 0.375. The zero-order valence-corrected chi connectivity index (χ0v) is 12.1. The normalized spacial score (nSPS) is 15.8. The molecule has 0 spiro atoms. The number of carbonyl (C=O) groups is 1. The number of nitrogens with two attached hydrogens (primary N) is 1. The molecule has 106 valence electrons. The Hall–Kier alpha value is -2.10. The Bertz CT molecular complexity index is 573. The molecule has 0 fully saturated rings. The number of hydrogen-bond donors (Lipinski definition) is 2.